The Morgan fingerprint density at radius 3 is 2.41 bits per heavy atom. The Hall–Kier alpha value is -1.74. The smallest absolute Gasteiger partial charge is 0.258 e. The summed E-state index contributed by atoms with van der Waals surface area (Å²) >= 11 is 1.87. The minimum Gasteiger partial charge on any atom is -0.258 e. The van der Waals surface area contributed by atoms with Gasteiger partial charge in [0.25, 0.3) is 5.69 Å². The minimum atomic E-state index is -3.60. The van der Waals surface area contributed by atoms with E-state index in [1.807, 2.05) is 29.5 Å². The third-order valence-electron chi connectivity index (χ3n) is 2.94. The lowest BCUT2D eigenvalue weighted by molar-refractivity contribution is -0.384. The summed E-state index contributed by atoms with van der Waals surface area (Å²) < 4.78 is 25.1. The van der Waals surface area contributed by atoms with Gasteiger partial charge in [-0.1, -0.05) is 29.8 Å². The molecule has 0 aliphatic heterocycles. The van der Waals surface area contributed by atoms with Crippen LogP contribution in [0, 0.1) is 17.0 Å². The second-order valence-electron chi connectivity index (χ2n) is 4.63. The number of nitro benzene ring substituents is 1. The number of rotatable bonds is 4. The van der Waals surface area contributed by atoms with Gasteiger partial charge >= 0.3 is 0 Å². The van der Waals surface area contributed by atoms with Gasteiger partial charge in [0.1, 0.15) is 0 Å². The maximum absolute atomic E-state index is 12.3. The zero-order valence-corrected chi connectivity index (χ0v) is 14.5. The zero-order chi connectivity index (χ0) is 16.3. The van der Waals surface area contributed by atoms with Crippen LogP contribution < -0.4 is 0 Å². The quantitative estimate of drug-likeness (QED) is 0.417. The summed E-state index contributed by atoms with van der Waals surface area (Å²) in [6.45, 7) is 1.87. The van der Waals surface area contributed by atoms with Crippen LogP contribution in [0.3, 0.4) is 0 Å². The molecule has 0 aromatic heterocycles. The largest absolute Gasteiger partial charge is 0.270 e. The summed E-state index contributed by atoms with van der Waals surface area (Å²) in [7, 11) is -3.60. The fourth-order valence-corrected chi connectivity index (χ4v) is 4.17. The Balaban J connectivity index is 2.41. The molecule has 5 nitrogen and oxygen atoms in total. The van der Waals surface area contributed by atoms with Crippen molar-refractivity contribution in [2.75, 3.05) is 0 Å². The van der Waals surface area contributed by atoms with Crippen molar-refractivity contribution in [3.63, 3.8) is 0 Å². The van der Waals surface area contributed by atoms with E-state index in [1.54, 1.807) is 30.3 Å². The van der Waals surface area contributed by atoms with Crippen molar-refractivity contribution in [1.82, 2.24) is 0 Å². The Kier molecular flexibility index (Phi) is 4.97. The summed E-state index contributed by atoms with van der Waals surface area (Å²) in [5, 5.41) is 11.9. The molecule has 0 heterocycles. The lowest BCUT2D eigenvalue weighted by Crippen LogP contribution is -1.97. The first-order valence-electron chi connectivity index (χ1n) is 6.23. The number of hydrogen-bond donors (Lipinski definition) is 0. The molecule has 7 heteroatoms. The molecule has 0 amide bonds. The van der Waals surface area contributed by atoms with Gasteiger partial charge in [-0.05, 0) is 47.2 Å². The van der Waals surface area contributed by atoms with Crippen LogP contribution in [0.2, 0.25) is 0 Å². The van der Waals surface area contributed by atoms with Crippen LogP contribution in [0.4, 0.5) is 5.69 Å². The molecular weight excluding hydrogens is 417 g/mol. The molecule has 0 aliphatic rings. The third kappa shape index (κ3) is 3.92. The van der Waals surface area contributed by atoms with Gasteiger partial charge in [-0.25, -0.2) is 8.42 Å². The van der Waals surface area contributed by atoms with E-state index in [0.717, 1.165) is 11.0 Å². The molecule has 0 saturated carbocycles. The SMILES string of the molecule is Cc1ccc(S(=O)(=O)/C=C(/I)c2cccc([N+](=O)[O-])c2)cc1. The molecule has 2 aromatic carbocycles. The predicted octanol–water partition coefficient (Wildman–Crippen LogP) is 4.11. The van der Waals surface area contributed by atoms with Crippen molar-refractivity contribution in [1.29, 1.82) is 0 Å². The van der Waals surface area contributed by atoms with Crippen LogP contribution in [-0.4, -0.2) is 13.3 Å². The molecule has 0 fully saturated rings. The van der Waals surface area contributed by atoms with Crippen molar-refractivity contribution in [3.8, 4) is 0 Å². The van der Waals surface area contributed by atoms with Crippen LogP contribution in [0.1, 0.15) is 11.1 Å². The Morgan fingerprint density at radius 2 is 1.82 bits per heavy atom. The van der Waals surface area contributed by atoms with Gasteiger partial charge in [-0.15, -0.1) is 0 Å². The Labute approximate surface area is 141 Å². The summed E-state index contributed by atoms with van der Waals surface area (Å²) in [6.07, 6.45) is 0. The van der Waals surface area contributed by atoms with Crippen molar-refractivity contribution in [2.24, 2.45) is 0 Å². The maximum Gasteiger partial charge on any atom is 0.270 e. The number of non-ortho nitro benzene ring substituents is 1. The molecule has 2 rings (SSSR count). The number of hydrogen-bond acceptors (Lipinski definition) is 4. The standard InChI is InChI=1S/C15H12INO4S/c1-11-5-7-14(8-6-11)22(20,21)10-15(16)12-3-2-4-13(9-12)17(18)19/h2-10H,1H3/b15-10+. The second kappa shape index (κ2) is 6.57. The molecule has 114 valence electrons. The summed E-state index contributed by atoms with van der Waals surface area (Å²) in [5.41, 5.74) is 1.38. The fourth-order valence-electron chi connectivity index (χ4n) is 1.77. The van der Waals surface area contributed by atoms with Gasteiger partial charge in [-0.3, -0.25) is 10.1 Å². The molecular formula is C15H12INO4S. The van der Waals surface area contributed by atoms with Gasteiger partial charge in [0.2, 0.25) is 9.84 Å². The van der Waals surface area contributed by atoms with E-state index in [0.29, 0.717) is 9.14 Å². The topological polar surface area (TPSA) is 77.3 Å². The molecule has 0 N–H and O–H groups in total. The highest BCUT2D eigenvalue weighted by molar-refractivity contribution is 14.1. The van der Waals surface area contributed by atoms with E-state index in [-0.39, 0.29) is 10.6 Å². The lowest BCUT2D eigenvalue weighted by Gasteiger charge is -2.03. The molecule has 0 atom stereocenters. The predicted molar refractivity (Wildman–Crippen MR) is 93.5 cm³/mol. The van der Waals surface area contributed by atoms with Gasteiger partial charge in [-0.2, -0.15) is 0 Å². The highest BCUT2D eigenvalue weighted by atomic mass is 127. The molecule has 0 aliphatic carbocycles. The number of halogens is 1. The monoisotopic (exact) mass is 429 g/mol. The second-order valence-corrected chi connectivity index (χ2v) is 7.59. The molecule has 0 spiro atoms. The number of nitro groups is 1. The third-order valence-corrected chi connectivity index (χ3v) is 5.77. The molecule has 2 aromatic rings. The fraction of sp³-hybridized carbons (Fsp3) is 0.0667. The zero-order valence-electron chi connectivity index (χ0n) is 11.6. The van der Waals surface area contributed by atoms with Crippen LogP contribution in [0.15, 0.2) is 58.8 Å². The van der Waals surface area contributed by atoms with Gasteiger partial charge in [0.15, 0.2) is 0 Å². The van der Waals surface area contributed by atoms with E-state index in [9.17, 15) is 18.5 Å². The number of sulfone groups is 1. The van der Waals surface area contributed by atoms with Gasteiger partial charge < -0.3 is 0 Å². The summed E-state index contributed by atoms with van der Waals surface area (Å²) in [5.74, 6) is 0. The van der Waals surface area contributed by atoms with Crippen molar-refractivity contribution < 1.29 is 13.3 Å². The maximum atomic E-state index is 12.3. The summed E-state index contributed by atoms with van der Waals surface area (Å²) in [6, 6.07) is 12.4. The first kappa shape index (κ1) is 16.6. The molecule has 0 bridgehead atoms. The van der Waals surface area contributed by atoms with E-state index >= 15 is 0 Å². The van der Waals surface area contributed by atoms with Crippen LogP contribution >= 0.6 is 22.6 Å². The van der Waals surface area contributed by atoms with Crippen LogP contribution in [-0.2, 0) is 9.84 Å². The first-order valence-corrected chi connectivity index (χ1v) is 8.86. The van der Waals surface area contributed by atoms with Gasteiger partial charge in [0, 0.05) is 21.1 Å². The first-order chi connectivity index (χ1) is 10.3. The summed E-state index contributed by atoms with van der Waals surface area (Å²) in [4.78, 5) is 10.5. The Morgan fingerprint density at radius 1 is 1.18 bits per heavy atom. The average molecular weight is 429 g/mol. The molecule has 0 saturated heterocycles. The van der Waals surface area contributed by atoms with E-state index in [2.05, 4.69) is 0 Å². The lowest BCUT2D eigenvalue weighted by atomic mass is 10.2. The number of aryl methyl sites for hydroxylation is 1. The molecule has 0 unspecified atom stereocenters. The molecule has 0 radical (unpaired) electrons. The highest BCUT2D eigenvalue weighted by Crippen LogP contribution is 2.28. The normalized spacial score (nSPS) is 12.2. The van der Waals surface area contributed by atoms with Crippen LogP contribution in [0.5, 0.6) is 0 Å². The van der Waals surface area contributed by atoms with Crippen molar-refractivity contribution >= 4 is 41.7 Å². The number of nitrogens with zero attached hydrogens (tertiary/aromatic N) is 1. The highest BCUT2D eigenvalue weighted by Gasteiger charge is 2.14. The van der Waals surface area contributed by atoms with E-state index in [4.69, 9.17) is 0 Å². The van der Waals surface area contributed by atoms with Crippen LogP contribution in [0.25, 0.3) is 3.58 Å². The number of benzene rings is 2. The minimum absolute atomic E-state index is 0.0761. The average Bonchev–Trinajstić information content (AvgIpc) is 2.47. The van der Waals surface area contributed by atoms with Gasteiger partial charge in [0.05, 0.1) is 9.82 Å². The van der Waals surface area contributed by atoms with E-state index < -0.39 is 14.8 Å². The Bertz CT molecular complexity index is 842. The van der Waals surface area contributed by atoms with Crippen molar-refractivity contribution in [2.45, 2.75) is 11.8 Å². The molecule has 22 heavy (non-hydrogen) atoms. The van der Waals surface area contributed by atoms with E-state index in [1.165, 1.54) is 18.2 Å². The van der Waals surface area contributed by atoms with Crippen molar-refractivity contribution in [3.05, 3.63) is 75.2 Å².